The fraction of sp³-hybridized carbons (Fsp3) is 0.258. The number of carbonyl (C=O) groups is 1. The molecule has 8 nitrogen and oxygen atoms in total. The summed E-state index contributed by atoms with van der Waals surface area (Å²) in [6.45, 7) is 6.00. The number of hydrogen-bond acceptors (Lipinski definition) is 6. The van der Waals surface area contributed by atoms with Crippen molar-refractivity contribution in [2.24, 2.45) is 0 Å². The van der Waals surface area contributed by atoms with Gasteiger partial charge in [-0.3, -0.25) is 4.79 Å². The van der Waals surface area contributed by atoms with Crippen LogP contribution in [0.3, 0.4) is 0 Å². The van der Waals surface area contributed by atoms with Crippen LogP contribution in [0.5, 0.6) is 11.5 Å². The lowest BCUT2D eigenvalue weighted by molar-refractivity contribution is 0.0956. The van der Waals surface area contributed by atoms with Crippen molar-refractivity contribution in [3.8, 4) is 11.5 Å². The number of aromatic nitrogens is 3. The second kappa shape index (κ2) is 11.9. The van der Waals surface area contributed by atoms with Crippen LogP contribution in [0.15, 0.2) is 72.8 Å². The summed E-state index contributed by atoms with van der Waals surface area (Å²) >= 11 is 0. The fourth-order valence-electron chi connectivity index (χ4n) is 4.71. The molecule has 2 heterocycles. The van der Waals surface area contributed by atoms with Gasteiger partial charge < -0.3 is 25.1 Å². The van der Waals surface area contributed by atoms with Crippen LogP contribution >= 0.6 is 0 Å². The third kappa shape index (κ3) is 5.65. The number of anilines is 1. The zero-order valence-corrected chi connectivity index (χ0v) is 22.3. The summed E-state index contributed by atoms with van der Waals surface area (Å²) in [5.74, 6) is 1.52. The van der Waals surface area contributed by atoms with Crippen molar-refractivity contribution in [3.63, 3.8) is 0 Å². The Kier molecular flexibility index (Phi) is 7.91. The first-order valence-electron chi connectivity index (χ1n) is 13.3. The number of amides is 1. The Morgan fingerprint density at radius 1 is 0.846 bits per heavy atom. The number of ether oxygens (including phenoxy) is 2. The molecule has 0 aliphatic heterocycles. The molecular weight excluding hydrogens is 490 g/mol. The molecule has 0 unspecified atom stereocenters. The lowest BCUT2D eigenvalue weighted by Gasteiger charge is -2.12. The maximum Gasteiger partial charge on any atom is 0.257 e. The van der Waals surface area contributed by atoms with Gasteiger partial charge in [-0.15, -0.1) is 0 Å². The summed E-state index contributed by atoms with van der Waals surface area (Å²) in [5.41, 5.74) is 11.8. The van der Waals surface area contributed by atoms with E-state index < -0.39 is 0 Å². The first kappa shape index (κ1) is 26.0. The quantitative estimate of drug-likeness (QED) is 0.247. The third-order valence-corrected chi connectivity index (χ3v) is 6.59. The molecule has 0 saturated heterocycles. The summed E-state index contributed by atoms with van der Waals surface area (Å²) in [6, 6.07) is 23.7. The number of nitrogens with two attached hydrogens (primary N) is 1. The molecule has 8 heteroatoms. The lowest BCUT2D eigenvalue weighted by atomic mass is 10.1. The molecular formula is C31H33N5O3. The minimum Gasteiger partial charge on any atom is -0.490 e. The molecule has 3 aromatic carbocycles. The van der Waals surface area contributed by atoms with Crippen LogP contribution in [0.1, 0.15) is 35.3 Å². The Morgan fingerprint density at radius 2 is 1.54 bits per heavy atom. The molecule has 2 aromatic heterocycles. The number of fused-ring (bicyclic) bond motifs is 2. The van der Waals surface area contributed by atoms with Crippen LogP contribution in [0, 0.1) is 0 Å². The molecule has 5 aromatic rings. The van der Waals surface area contributed by atoms with Crippen molar-refractivity contribution in [2.75, 3.05) is 25.5 Å². The third-order valence-electron chi connectivity index (χ3n) is 6.59. The molecule has 1 amide bonds. The van der Waals surface area contributed by atoms with E-state index in [-0.39, 0.29) is 5.91 Å². The van der Waals surface area contributed by atoms with Crippen LogP contribution in [-0.4, -0.2) is 40.2 Å². The normalized spacial score (nSPS) is 11.1. The predicted octanol–water partition coefficient (Wildman–Crippen LogP) is 5.18. The average Bonchev–Trinajstić information content (AvgIpc) is 3.22. The standard InChI is InChI=1S/C31H33N5O3/c1-3-38-25-15-14-22(20-26(25)39-4-2)16-18-33-31(37)27-28-30(35-24-13-9-8-12-23(24)34-28)36(29(27)32)19-17-21-10-6-5-7-11-21/h5-15,20H,3-4,16-19,32H2,1-2H3,(H,33,37). The summed E-state index contributed by atoms with van der Waals surface area (Å²) in [5, 5.41) is 3.03. The Balaban J connectivity index is 1.40. The van der Waals surface area contributed by atoms with Gasteiger partial charge in [0.25, 0.3) is 5.91 Å². The SMILES string of the molecule is CCOc1ccc(CCNC(=O)c2c(N)n(CCc3ccccc3)c3nc4ccccc4nc23)cc1OCC. The first-order valence-corrected chi connectivity index (χ1v) is 13.3. The molecule has 3 N–H and O–H groups in total. The molecule has 0 atom stereocenters. The maximum absolute atomic E-state index is 13.5. The van der Waals surface area contributed by atoms with Gasteiger partial charge in [0.15, 0.2) is 17.1 Å². The van der Waals surface area contributed by atoms with Crippen LogP contribution < -0.4 is 20.5 Å². The number of benzene rings is 3. The number of carbonyl (C=O) groups excluding carboxylic acids is 1. The highest BCUT2D eigenvalue weighted by Crippen LogP contribution is 2.30. The van der Waals surface area contributed by atoms with E-state index in [0.29, 0.717) is 66.8 Å². The fourth-order valence-corrected chi connectivity index (χ4v) is 4.71. The minimum absolute atomic E-state index is 0.267. The molecule has 5 rings (SSSR count). The van der Waals surface area contributed by atoms with E-state index in [4.69, 9.17) is 25.2 Å². The molecule has 0 fully saturated rings. The van der Waals surface area contributed by atoms with E-state index in [9.17, 15) is 4.79 Å². The summed E-state index contributed by atoms with van der Waals surface area (Å²) < 4.78 is 13.3. The predicted molar refractivity (Wildman–Crippen MR) is 154 cm³/mol. The molecule has 200 valence electrons. The van der Waals surface area contributed by atoms with Crippen LogP contribution in [-0.2, 0) is 19.4 Å². The van der Waals surface area contributed by atoms with Crippen molar-refractivity contribution >= 4 is 33.9 Å². The van der Waals surface area contributed by atoms with Gasteiger partial charge in [-0.05, 0) is 62.1 Å². The monoisotopic (exact) mass is 523 g/mol. The number of nitrogen functional groups attached to an aromatic ring is 1. The summed E-state index contributed by atoms with van der Waals surface area (Å²) in [4.78, 5) is 23.1. The summed E-state index contributed by atoms with van der Waals surface area (Å²) in [6.07, 6.45) is 1.38. The van der Waals surface area contributed by atoms with Crippen molar-refractivity contribution in [2.45, 2.75) is 33.2 Å². The molecule has 0 aliphatic carbocycles. The van der Waals surface area contributed by atoms with Crippen molar-refractivity contribution < 1.29 is 14.3 Å². The lowest BCUT2D eigenvalue weighted by Crippen LogP contribution is -2.26. The van der Waals surface area contributed by atoms with Gasteiger partial charge >= 0.3 is 0 Å². The number of aryl methyl sites for hydroxylation is 2. The van der Waals surface area contributed by atoms with Gasteiger partial charge in [0.1, 0.15) is 16.9 Å². The largest absolute Gasteiger partial charge is 0.490 e. The van der Waals surface area contributed by atoms with Crippen LogP contribution in [0.2, 0.25) is 0 Å². The van der Waals surface area contributed by atoms with E-state index in [2.05, 4.69) is 17.4 Å². The van der Waals surface area contributed by atoms with Crippen molar-refractivity contribution in [1.29, 1.82) is 0 Å². The smallest absolute Gasteiger partial charge is 0.257 e. The first-order chi connectivity index (χ1) is 19.1. The van der Waals surface area contributed by atoms with E-state index in [0.717, 1.165) is 23.0 Å². The van der Waals surface area contributed by atoms with Gasteiger partial charge in [-0.25, -0.2) is 9.97 Å². The highest BCUT2D eigenvalue weighted by molar-refractivity contribution is 6.10. The van der Waals surface area contributed by atoms with Crippen LogP contribution in [0.4, 0.5) is 5.82 Å². The van der Waals surface area contributed by atoms with Crippen LogP contribution in [0.25, 0.3) is 22.2 Å². The Morgan fingerprint density at radius 3 is 2.28 bits per heavy atom. The number of para-hydroxylation sites is 2. The maximum atomic E-state index is 13.5. The van der Waals surface area contributed by atoms with Crippen molar-refractivity contribution in [3.05, 3.63) is 89.5 Å². The van der Waals surface area contributed by atoms with E-state index >= 15 is 0 Å². The Bertz CT molecular complexity index is 1600. The Labute approximate surface area is 227 Å². The Hall–Kier alpha value is -4.59. The second-order valence-electron chi connectivity index (χ2n) is 9.19. The molecule has 0 saturated carbocycles. The van der Waals surface area contributed by atoms with Gasteiger partial charge in [-0.1, -0.05) is 48.5 Å². The highest BCUT2D eigenvalue weighted by atomic mass is 16.5. The van der Waals surface area contributed by atoms with Gasteiger partial charge in [0.05, 0.1) is 24.2 Å². The average molecular weight is 524 g/mol. The number of nitrogens with zero attached hydrogens (tertiary/aromatic N) is 3. The highest BCUT2D eigenvalue weighted by Gasteiger charge is 2.24. The van der Waals surface area contributed by atoms with E-state index in [1.165, 1.54) is 5.56 Å². The minimum atomic E-state index is -0.267. The molecule has 0 spiro atoms. The van der Waals surface area contributed by atoms with E-state index in [1.54, 1.807) is 0 Å². The van der Waals surface area contributed by atoms with Gasteiger partial charge in [-0.2, -0.15) is 0 Å². The second-order valence-corrected chi connectivity index (χ2v) is 9.19. The summed E-state index contributed by atoms with van der Waals surface area (Å²) in [7, 11) is 0. The number of rotatable bonds is 11. The number of hydrogen-bond donors (Lipinski definition) is 2. The molecule has 39 heavy (non-hydrogen) atoms. The number of nitrogens with one attached hydrogen (secondary N) is 1. The van der Waals surface area contributed by atoms with Crippen molar-refractivity contribution in [1.82, 2.24) is 19.9 Å². The molecule has 0 bridgehead atoms. The molecule has 0 aliphatic rings. The van der Waals surface area contributed by atoms with Gasteiger partial charge in [0, 0.05) is 13.1 Å². The molecule has 0 radical (unpaired) electrons. The van der Waals surface area contributed by atoms with Gasteiger partial charge in [0.2, 0.25) is 0 Å². The zero-order chi connectivity index (χ0) is 27.2. The topological polar surface area (TPSA) is 104 Å². The zero-order valence-electron chi connectivity index (χ0n) is 22.3. The van der Waals surface area contributed by atoms with E-state index in [1.807, 2.05) is 79.1 Å².